The lowest BCUT2D eigenvalue weighted by Crippen LogP contribution is -2.46. The van der Waals surface area contributed by atoms with Crippen LogP contribution >= 0.6 is 0 Å². The predicted molar refractivity (Wildman–Crippen MR) is 175 cm³/mol. The van der Waals surface area contributed by atoms with Crippen molar-refractivity contribution in [2.45, 2.75) is 121 Å². The first-order valence-electron chi connectivity index (χ1n) is 18.7. The Morgan fingerprint density at radius 3 is 1.51 bits per heavy atom. The van der Waals surface area contributed by atoms with Crippen LogP contribution in [0.25, 0.3) is 0 Å². The van der Waals surface area contributed by atoms with E-state index < -0.39 is 0 Å². The molecule has 7 heteroatoms. The van der Waals surface area contributed by atoms with E-state index in [-0.39, 0.29) is 0 Å². The number of nitrogens with zero attached hydrogens (tertiary/aromatic N) is 4. The first kappa shape index (κ1) is 32.7. The zero-order valence-electron chi connectivity index (χ0n) is 28.2. The molecule has 4 aliphatic heterocycles. The Hall–Kier alpha value is -0.280. The van der Waals surface area contributed by atoms with Gasteiger partial charge in [-0.15, -0.1) is 0 Å². The smallest absolute Gasteiger partial charge is 0.0628 e. The second-order valence-corrected chi connectivity index (χ2v) is 16.0. The van der Waals surface area contributed by atoms with Gasteiger partial charge in [-0.05, 0) is 134 Å². The van der Waals surface area contributed by atoms with Crippen LogP contribution in [0.2, 0.25) is 0 Å². The van der Waals surface area contributed by atoms with Crippen LogP contribution in [0.1, 0.15) is 90.9 Å². The molecule has 0 N–H and O–H groups in total. The third kappa shape index (κ3) is 9.86. The summed E-state index contributed by atoms with van der Waals surface area (Å²) in [7, 11) is 2.26. The predicted octanol–water partition coefficient (Wildman–Crippen LogP) is 4.98. The van der Waals surface area contributed by atoms with E-state index in [0.29, 0.717) is 30.5 Å². The Labute approximate surface area is 264 Å². The molecule has 248 valence electrons. The molecule has 2 aliphatic carbocycles. The monoisotopic (exact) mass is 603 g/mol. The molecular formula is C36H66N4O3. The summed E-state index contributed by atoms with van der Waals surface area (Å²) in [6.07, 6.45) is 17.6. The molecule has 0 aromatic heterocycles. The molecule has 0 amide bonds. The van der Waals surface area contributed by atoms with E-state index in [1.54, 1.807) is 0 Å². The van der Waals surface area contributed by atoms with Crippen LogP contribution in [0.15, 0.2) is 0 Å². The van der Waals surface area contributed by atoms with E-state index in [1.165, 1.54) is 130 Å². The second-order valence-electron chi connectivity index (χ2n) is 16.0. The average molecular weight is 603 g/mol. The number of piperidine rings is 4. The zero-order valence-corrected chi connectivity index (χ0v) is 28.2. The van der Waals surface area contributed by atoms with Crippen LogP contribution in [-0.4, -0.2) is 136 Å². The summed E-state index contributed by atoms with van der Waals surface area (Å²) in [6, 6.07) is 0. The van der Waals surface area contributed by atoms with Crippen LogP contribution in [0.4, 0.5) is 0 Å². The van der Waals surface area contributed by atoms with Gasteiger partial charge in [0, 0.05) is 45.8 Å². The van der Waals surface area contributed by atoms with Crippen molar-refractivity contribution in [1.29, 1.82) is 0 Å². The van der Waals surface area contributed by atoms with Gasteiger partial charge in [-0.25, -0.2) is 0 Å². The fourth-order valence-electron chi connectivity index (χ4n) is 8.74. The van der Waals surface area contributed by atoms with Crippen molar-refractivity contribution in [1.82, 2.24) is 19.6 Å². The van der Waals surface area contributed by atoms with Gasteiger partial charge in [0.05, 0.1) is 37.1 Å². The van der Waals surface area contributed by atoms with Crippen molar-refractivity contribution >= 4 is 0 Å². The van der Waals surface area contributed by atoms with Gasteiger partial charge in [0.1, 0.15) is 0 Å². The number of hydrogen-bond donors (Lipinski definition) is 0. The summed E-state index contributed by atoms with van der Waals surface area (Å²) in [4.78, 5) is 10.6. The average Bonchev–Trinajstić information content (AvgIpc) is 2.97. The van der Waals surface area contributed by atoms with Gasteiger partial charge in [0.15, 0.2) is 0 Å². The maximum atomic E-state index is 6.49. The van der Waals surface area contributed by atoms with E-state index in [4.69, 9.17) is 14.2 Å². The zero-order chi connectivity index (χ0) is 29.6. The number of ether oxygens (including phenoxy) is 3. The minimum Gasteiger partial charge on any atom is -0.377 e. The largest absolute Gasteiger partial charge is 0.377 e. The highest BCUT2D eigenvalue weighted by Gasteiger charge is 2.36. The molecule has 6 fully saturated rings. The summed E-state index contributed by atoms with van der Waals surface area (Å²) in [5, 5.41) is 0. The molecule has 0 unspecified atom stereocenters. The van der Waals surface area contributed by atoms with Crippen molar-refractivity contribution in [2.75, 3.05) is 85.6 Å². The maximum absolute atomic E-state index is 6.49. The molecule has 0 aromatic rings. The fraction of sp³-hybridized carbons (Fsp3) is 1.00. The van der Waals surface area contributed by atoms with E-state index in [9.17, 15) is 0 Å². The Balaban J connectivity index is 0.745. The van der Waals surface area contributed by atoms with Gasteiger partial charge < -0.3 is 33.8 Å². The molecule has 0 aromatic carbocycles. The van der Waals surface area contributed by atoms with Crippen LogP contribution in [0.5, 0.6) is 0 Å². The summed E-state index contributed by atoms with van der Waals surface area (Å²) in [6.45, 7) is 19.3. The molecule has 4 saturated heterocycles. The van der Waals surface area contributed by atoms with Crippen LogP contribution in [0, 0.1) is 23.7 Å². The van der Waals surface area contributed by atoms with Gasteiger partial charge in [0.25, 0.3) is 0 Å². The van der Waals surface area contributed by atoms with Gasteiger partial charge >= 0.3 is 0 Å². The van der Waals surface area contributed by atoms with Crippen molar-refractivity contribution in [3.63, 3.8) is 0 Å². The first-order valence-corrected chi connectivity index (χ1v) is 18.7. The van der Waals surface area contributed by atoms with Crippen molar-refractivity contribution in [3.05, 3.63) is 0 Å². The Morgan fingerprint density at radius 2 is 1.00 bits per heavy atom. The van der Waals surface area contributed by atoms with E-state index in [1.807, 2.05) is 0 Å². The normalized spacial score (nSPS) is 34.0. The molecule has 7 nitrogen and oxygen atoms in total. The third-order valence-electron chi connectivity index (χ3n) is 12.3. The van der Waals surface area contributed by atoms with E-state index in [2.05, 4.69) is 40.5 Å². The lowest BCUT2D eigenvalue weighted by Gasteiger charge is -2.42. The van der Waals surface area contributed by atoms with Crippen LogP contribution < -0.4 is 0 Å². The molecule has 0 radical (unpaired) electrons. The quantitative estimate of drug-likeness (QED) is 0.294. The van der Waals surface area contributed by atoms with Gasteiger partial charge in [0.2, 0.25) is 0 Å². The Kier molecular flexibility index (Phi) is 12.2. The molecular weight excluding hydrogens is 536 g/mol. The number of likely N-dealkylation sites (tertiary alicyclic amines) is 4. The van der Waals surface area contributed by atoms with Gasteiger partial charge in [-0.2, -0.15) is 0 Å². The van der Waals surface area contributed by atoms with E-state index in [0.717, 1.165) is 49.7 Å². The SMILES string of the molecule is CC(C)C1CC(OC2CCN(CC3CCN(CCOC4CC(OC5CCN(CC6CCN(C)CC6)CC5)C4)CC3)CC2)C1. The highest BCUT2D eigenvalue weighted by molar-refractivity contribution is 4.86. The lowest BCUT2D eigenvalue weighted by molar-refractivity contribution is -0.137. The second kappa shape index (κ2) is 16.0. The molecule has 6 aliphatic rings. The highest BCUT2D eigenvalue weighted by atomic mass is 16.5. The summed E-state index contributed by atoms with van der Waals surface area (Å²) in [5.41, 5.74) is 0. The summed E-state index contributed by atoms with van der Waals surface area (Å²) in [5.74, 6) is 3.52. The van der Waals surface area contributed by atoms with Crippen LogP contribution in [0.3, 0.4) is 0 Å². The lowest BCUT2D eigenvalue weighted by atomic mass is 9.75. The Bertz CT molecular complexity index is 786. The first-order chi connectivity index (χ1) is 20.9. The third-order valence-corrected chi connectivity index (χ3v) is 12.3. The maximum Gasteiger partial charge on any atom is 0.0628 e. The summed E-state index contributed by atoms with van der Waals surface area (Å²) >= 11 is 0. The molecule has 2 saturated carbocycles. The molecule has 6 rings (SSSR count). The topological polar surface area (TPSA) is 40.7 Å². The van der Waals surface area contributed by atoms with E-state index >= 15 is 0 Å². The van der Waals surface area contributed by atoms with Crippen LogP contribution in [-0.2, 0) is 14.2 Å². The van der Waals surface area contributed by atoms with Crippen molar-refractivity contribution in [2.24, 2.45) is 23.7 Å². The molecule has 0 spiro atoms. The van der Waals surface area contributed by atoms with Gasteiger partial charge in [-0.1, -0.05) is 13.8 Å². The number of rotatable bonds is 13. The summed E-state index contributed by atoms with van der Waals surface area (Å²) < 4.78 is 19.2. The molecule has 0 atom stereocenters. The fourth-order valence-corrected chi connectivity index (χ4v) is 8.74. The molecule has 0 bridgehead atoms. The molecule has 43 heavy (non-hydrogen) atoms. The minimum atomic E-state index is 0.430. The Morgan fingerprint density at radius 1 is 0.535 bits per heavy atom. The van der Waals surface area contributed by atoms with Crippen molar-refractivity contribution in [3.8, 4) is 0 Å². The van der Waals surface area contributed by atoms with Gasteiger partial charge in [-0.3, -0.25) is 0 Å². The molecule has 4 heterocycles. The standard InChI is InChI=1S/C36H66N4O3/c1-28(2)31-22-35(23-31)42-32-8-16-40(17-9-32)27-30-6-14-38(15-7-30)20-21-41-34-24-36(25-34)43-33-10-18-39(19-11-33)26-29-4-12-37(3)13-5-29/h28-36H,4-27H2,1-3H3. The highest BCUT2D eigenvalue weighted by Crippen LogP contribution is 2.37. The van der Waals surface area contributed by atoms with Crippen molar-refractivity contribution < 1.29 is 14.2 Å². The number of hydrogen-bond acceptors (Lipinski definition) is 7. The minimum absolute atomic E-state index is 0.430.